The summed E-state index contributed by atoms with van der Waals surface area (Å²) in [7, 11) is 1.65. The van der Waals surface area contributed by atoms with Crippen LogP contribution in [0, 0.1) is 0 Å². The summed E-state index contributed by atoms with van der Waals surface area (Å²) in [5, 5.41) is 4.91. The molecule has 1 aromatic heterocycles. The fraction of sp³-hybridized carbons (Fsp3) is 0.219. The number of thiocarbonyl (C=S) groups is 1. The van der Waals surface area contributed by atoms with E-state index < -0.39 is 0 Å². The van der Waals surface area contributed by atoms with Gasteiger partial charge in [0.15, 0.2) is 0 Å². The second-order valence-corrected chi connectivity index (χ2v) is 11.0. The molecule has 0 N–H and O–H groups in total. The summed E-state index contributed by atoms with van der Waals surface area (Å²) in [6.07, 6.45) is 6.67. The zero-order valence-corrected chi connectivity index (χ0v) is 24.2. The first-order chi connectivity index (χ1) is 19.6. The van der Waals surface area contributed by atoms with Gasteiger partial charge in [0.25, 0.3) is 5.91 Å². The van der Waals surface area contributed by atoms with Gasteiger partial charge in [0.2, 0.25) is 0 Å². The Bertz CT molecular complexity index is 1500. The summed E-state index contributed by atoms with van der Waals surface area (Å²) < 4.78 is 13.5. The number of nitrogens with zero attached hydrogens (tertiary/aromatic N) is 3. The molecule has 0 bridgehead atoms. The number of para-hydroxylation sites is 1. The first-order valence-electron chi connectivity index (χ1n) is 13.3. The van der Waals surface area contributed by atoms with Crippen molar-refractivity contribution < 1.29 is 14.3 Å². The molecule has 3 aromatic carbocycles. The van der Waals surface area contributed by atoms with Crippen molar-refractivity contribution >= 4 is 40.3 Å². The largest absolute Gasteiger partial charge is 0.497 e. The van der Waals surface area contributed by atoms with Crippen LogP contribution < -0.4 is 9.47 Å². The Hall–Kier alpha value is -3.88. The fourth-order valence-electron chi connectivity index (χ4n) is 4.34. The van der Waals surface area contributed by atoms with Gasteiger partial charge in [0.1, 0.15) is 15.8 Å². The van der Waals surface area contributed by atoms with Crippen LogP contribution in [0.1, 0.15) is 30.9 Å². The standard InChI is InChI=1S/C32H31N3O3S2/c1-3-4-20-38-28-16-12-24(13-17-28)30-25(22-35(33-30)26-8-6-5-7-9-26)21-29-31(36)34(32(39)40-29)19-18-23-10-14-27(37-2)15-11-23/h5-17,21-22H,3-4,18-20H2,1-2H3/b29-21-. The Kier molecular flexibility index (Phi) is 8.98. The Labute approximate surface area is 244 Å². The van der Waals surface area contributed by atoms with Crippen molar-refractivity contribution in [2.24, 2.45) is 0 Å². The second kappa shape index (κ2) is 13.0. The van der Waals surface area contributed by atoms with Gasteiger partial charge in [-0.15, -0.1) is 0 Å². The van der Waals surface area contributed by atoms with Gasteiger partial charge >= 0.3 is 0 Å². The van der Waals surface area contributed by atoms with E-state index in [-0.39, 0.29) is 5.91 Å². The predicted molar refractivity (Wildman–Crippen MR) is 166 cm³/mol. The molecular formula is C32H31N3O3S2. The molecule has 4 aromatic rings. The van der Waals surface area contributed by atoms with Gasteiger partial charge in [0.05, 0.1) is 30.0 Å². The first-order valence-corrected chi connectivity index (χ1v) is 14.5. The maximum Gasteiger partial charge on any atom is 0.266 e. The van der Waals surface area contributed by atoms with Crippen LogP contribution in [0.4, 0.5) is 0 Å². The molecule has 8 heteroatoms. The number of carbonyl (C=O) groups excluding carboxylic acids is 1. The highest BCUT2D eigenvalue weighted by Gasteiger charge is 2.32. The van der Waals surface area contributed by atoms with E-state index >= 15 is 0 Å². The van der Waals surface area contributed by atoms with Gasteiger partial charge in [-0.2, -0.15) is 5.10 Å². The third kappa shape index (κ3) is 6.46. The first kappa shape index (κ1) is 27.7. The van der Waals surface area contributed by atoms with Crippen molar-refractivity contribution in [3.05, 3.63) is 101 Å². The smallest absolute Gasteiger partial charge is 0.266 e. The van der Waals surface area contributed by atoms with Crippen molar-refractivity contribution in [3.63, 3.8) is 0 Å². The number of benzene rings is 3. The number of unbranched alkanes of at least 4 members (excludes halogenated alkanes) is 1. The van der Waals surface area contributed by atoms with Crippen molar-refractivity contribution in [1.82, 2.24) is 14.7 Å². The Morgan fingerprint density at radius 1 is 0.975 bits per heavy atom. The molecule has 2 heterocycles. The van der Waals surface area contributed by atoms with Crippen LogP contribution in [0.3, 0.4) is 0 Å². The van der Waals surface area contributed by atoms with Crippen LogP contribution in [0.15, 0.2) is 90.0 Å². The molecule has 1 amide bonds. The van der Waals surface area contributed by atoms with Crippen LogP contribution in [-0.4, -0.2) is 45.2 Å². The van der Waals surface area contributed by atoms with Crippen LogP contribution in [0.2, 0.25) is 0 Å². The van der Waals surface area contributed by atoms with Gasteiger partial charge in [-0.3, -0.25) is 9.69 Å². The summed E-state index contributed by atoms with van der Waals surface area (Å²) in [6.45, 7) is 3.36. The molecule has 1 aliphatic rings. The van der Waals surface area contributed by atoms with Crippen molar-refractivity contribution in [2.45, 2.75) is 26.2 Å². The molecule has 40 heavy (non-hydrogen) atoms. The molecule has 0 radical (unpaired) electrons. The van der Waals surface area contributed by atoms with E-state index in [0.717, 1.165) is 52.4 Å². The van der Waals surface area contributed by atoms with Crippen molar-refractivity contribution in [1.29, 1.82) is 0 Å². The van der Waals surface area contributed by atoms with E-state index in [1.165, 1.54) is 11.8 Å². The van der Waals surface area contributed by atoms with Crippen LogP contribution in [0.5, 0.6) is 11.5 Å². The lowest BCUT2D eigenvalue weighted by atomic mass is 10.1. The molecule has 0 spiro atoms. The highest BCUT2D eigenvalue weighted by molar-refractivity contribution is 8.26. The van der Waals surface area contributed by atoms with Crippen LogP contribution in [-0.2, 0) is 11.2 Å². The summed E-state index contributed by atoms with van der Waals surface area (Å²) in [6, 6.07) is 25.8. The average molecular weight is 570 g/mol. The second-order valence-electron chi connectivity index (χ2n) is 9.37. The molecule has 1 aliphatic heterocycles. The van der Waals surface area contributed by atoms with Gasteiger partial charge in [-0.05, 0) is 73.0 Å². The minimum Gasteiger partial charge on any atom is -0.497 e. The molecule has 0 aliphatic carbocycles. The maximum absolute atomic E-state index is 13.4. The number of hydrogen-bond donors (Lipinski definition) is 0. The van der Waals surface area contributed by atoms with E-state index in [1.54, 1.807) is 12.0 Å². The number of aromatic nitrogens is 2. The molecule has 0 saturated carbocycles. The topological polar surface area (TPSA) is 56.6 Å². The monoisotopic (exact) mass is 569 g/mol. The molecule has 1 saturated heterocycles. The Morgan fingerprint density at radius 2 is 1.70 bits per heavy atom. The minimum absolute atomic E-state index is 0.0819. The third-order valence-electron chi connectivity index (χ3n) is 6.60. The molecular weight excluding hydrogens is 539 g/mol. The normalized spacial score (nSPS) is 14.2. The number of ether oxygens (including phenoxy) is 2. The summed E-state index contributed by atoms with van der Waals surface area (Å²) >= 11 is 6.94. The fourth-order valence-corrected chi connectivity index (χ4v) is 5.64. The zero-order valence-electron chi connectivity index (χ0n) is 22.6. The number of hydrogen-bond acceptors (Lipinski definition) is 6. The van der Waals surface area contributed by atoms with E-state index in [0.29, 0.717) is 28.8 Å². The summed E-state index contributed by atoms with van der Waals surface area (Å²) in [4.78, 5) is 15.7. The Balaban J connectivity index is 1.40. The molecule has 1 fully saturated rings. The summed E-state index contributed by atoms with van der Waals surface area (Å²) in [5.41, 5.74) is 4.63. The Morgan fingerprint density at radius 3 is 2.40 bits per heavy atom. The molecule has 6 nitrogen and oxygen atoms in total. The minimum atomic E-state index is -0.0819. The van der Waals surface area contributed by atoms with E-state index in [9.17, 15) is 4.79 Å². The van der Waals surface area contributed by atoms with Gasteiger partial charge < -0.3 is 9.47 Å². The maximum atomic E-state index is 13.4. The third-order valence-corrected chi connectivity index (χ3v) is 7.98. The average Bonchev–Trinajstić information content (AvgIpc) is 3.53. The van der Waals surface area contributed by atoms with Crippen LogP contribution >= 0.6 is 24.0 Å². The van der Waals surface area contributed by atoms with E-state index in [2.05, 4.69) is 6.92 Å². The van der Waals surface area contributed by atoms with Gasteiger partial charge in [0, 0.05) is 23.9 Å². The van der Waals surface area contributed by atoms with Gasteiger partial charge in [-0.1, -0.05) is 67.7 Å². The number of thioether (sulfide) groups is 1. The molecule has 5 rings (SSSR count). The van der Waals surface area contributed by atoms with E-state index in [1.807, 2.05) is 95.8 Å². The number of rotatable bonds is 11. The highest BCUT2D eigenvalue weighted by atomic mass is 32.2. The molecule has 204 valence electrons. The SMILES string of the molecule is CCCCOc1ccc(-c2nn(-c3ccccc3)cc2/C=C2\SC(=S)N(CCc3ccc(OC)cc3)C2=O)cc1. The number of methoxy groups -OCH3 is 1. The quantitative estimate of drug-likeness (QED) is 0.108. The predicted octanol–water partition coefficient (Wildman–Crippen LogP) is 7.17. The summed E-state index contributed by atoms with van der Waals surface area (Å²) in [5.74, 6) is 1.56. The lowest BCUT2D eigenvalue weighted by Crippen LogP contribution is -2.30. The molecule has 0 atom stereocenters. The zero-order chi connectivity index (χ0) is 27.9. The lowest BCUT2D eigenvalue weighted by molar-refractivity contribution is -0.122. The van der Waals surface area contributed by atoms with Crippen molar-refractivity contribution in [2.75, 3.05) is 20.3 Å². The highest BCUT2D eigenvalue weighted by Crippen LogP contribution is 2.35. The van der Waals surface area contributed by atoms with Crippen molar-refractivity contribution in [3.8, 4) is 28.4 Å². The number of carbonyl (C=O) groups is 1. The van der Waals surface area contributed by atoms with Crippen LogP contribution in [0.25, 0.3) is 23.0 Å². The van der Waals surface area contributed by atoms with Gasteiger partial charge in [-0.25, -0.2) is 4.68 Å². The molecule has 0 unspecified atom stereocenters. The number of amides is 1. The lowest BCUT2D eigenvalue weighted by Gasteiger charge is -2.14. The van der Waals surface area contributed by atoms with E-state index in [4.69, 9.17) is 26.8 Å².